The van der Waals surface area contributed by atoms with Crippen LogP contribution in [0.4, 0.5) is 0 Å². The average molecular weight is 583 g/mol. The van der Waals surface area contributed by atoms with Crippen LogP contribution < -0.4 is 0 Å². The lowest BCUT2D eigenvalue weighted by Gasteiger charge is -2.42. The lowest BCUT2D eigenvalue weighted by atomic mass is 9.83. The predicted molar refractivity (Wildman–Crippen MR) is 136 cm³/mol. The molecule has 11 N–H and O–H groups in total. The van der Waals surface area contributed by atoms with E-state index in [0.717, 1.165) is 5.56 Å². The highest BCUT2D eigenvalue weighted by Crippen LogP contribution is 2.52. The number of aryl methyl sites for hydroxylation is 1. The van der Waals surface area contributed by atoms with Gasteiger partial charge < -0.3 is 65.6 Å². The molecule has 226 valence electrons. The molecule has 0 saturated carbocycles. The lowest BCUT2D eigenvalue weighted by Crippen LogP contribution is -2.55. The first kappa shape index (κ1) is 31.1. The van der Waals surface area contributed by atoms with Crippen LogP contribution in [0.2, 0.25) is 0 Å². The summed E-state index contributed by atoms with van der Waals surface area (Å²) in [7, 11) is 0. The van der Waals surface area contributed by atoms with Gasteiger partial charge in [-0.25, -0.2) is 0 Å². The zero-order chi connectivity index (χ0) is 30.2. The number of phenols is 3. The third kappa shape index (κ3) is 5.63. The van der Waals surface area contributed by atoms with Gasteiger partial charge in [0.1, 0.15) is 83.9 Å². The van der Waals surface area contributed by atoms with Crippen LogP contribution in [0.3, 0.4) is 0 Å². The fourth-order valence-corrected chi connectivity index (χ4v) is 5.26. The molecular weight excluding hydrogens is 548 g/mol. The Bertz CT molecular complexity index is 1160. The molecule has 0 spiro atoms. The Morgan fingerprint density at radius 2 is 1.07 bits per heavy atom. The largest absolute Gasteiger partial charge is 0.507 e. The first-order chi connectivity index (χ1) is 19.4. The van der Waals surface area contributed by atoms with Crippen molar-refractivity contribution in [3.63, 3.8) is 0 Å². The van der Waals surface area contributed by atoms with Crippen molar-refractivity contribution in [2.75, 3.05) is 13.2 Å². The molecule has 2 aliphatic rings. The van der Waals surface area contributed by atoms with Crippen molar-refractivity contribution >= 4 is 5.78 Å². The summed E-state index contributed by atoms with van der Waals surface area (Å²) in [4.78, 5) is 13.4. The van der Waals surface area contributed by atoms with Crippen molar-refractivity contribution in [1.29, 1.82) is 0 Å². The summed E-state index contributed by atoms with van der Waals surface area (Å²) in [5, 5.41) is 115. The number of aliphatic hydroxyl groups excluding tert-OH is 8. The summed E-state index contributed by atoms with van der Waals surface area (Å²) >= 11 is 0. The van der Waals surface area contributed by atoms with Gasteiger partial charge in [0.2, 0.25) is 0 Å². The second-order valence-corrected chi connectivity index (χ2v) is 10.2. The van der Waals surface area contributed by atoms with E-state index in [2.05, 4.69) is 0 Å². The molecule has 2 fully saturated rings. The maximum atomic E-state index is 13.4. The molecule has 0 bridgehead atoms. The quantitative estimate of drug-likeness (QED) is 0.146. The Morgan fingerprint density at radius 3 is 1.49 bits per heavy atom. The second kappa shape index (κ2) is 12.5. The summed E-state index contributed by atoms with van der Waals surface area (Å²) in [6.07, 6.45) is -18.5. The summed E-state index contributed by atoms with van der Waals surface area (Å²) in [6.45, 7) is -1.72. The third-order valence-corrected chi connectivity index (χ3v) is 7.61. The number of aromatic hydroxyl groups is 3. The predicted octanol–water partition coefficient (Wildman–Crippen LogP) is -2.35. The molecule has 10 atom stereocenters. The van der Waals surface area contributed by atoms with E-state index in [-0.39, 0.29) is 12.8 Å². The number of carbonyl (C=O) groups excluding carboxylic acids is 1. The van der Waals surface area contributed by atoms with Crippen LogP contribution in [0.25, 0.3) is 0 Å². The first-order valence-electron chi connectivity index (χ1n) is 12.9. The molecule has 0 unspecified atom stereocenters. The topological polar surface area (TPSA) is 258 Å². The molecule has 0 aromatic heterocycles. The van der Waals surface area contributed by atoms with E-state index in [1.54, 1.807) is 30.3 Å². The van der Waals surface area contributed by atoms with Crippen molar-refractivity contribution in [2.45, 2.75) is 73.9 Å². The molecule has 41 heavy (non-hydrogen) atoms. The minimum Gasteiger partial charge on any atom is -0.507 e. The van der Waals surface area contributed by atoms with Gasteiger partial charge in [0.15, 0.2) is 5.78 Å². The smallest absolute Gasteiger partial charge is 0.170 e. The average Bonchev–Trinajstić information content (AvgIpc) is 2.96. The first-order valence-corrected chi connectivity index (χ1v) is 12.9. The molecule has 0 aliphatic carbocycles. The van der Waals surface area contributed by atoms with E-state index in [0.29, 0.717) is 0 Å². The molecular formula is C27H34O14. The summed E-state index contributed by atoms with van der Waals surface area (Å²) in [5.41, 5.74) is -1.55. The van der Waals surface area contributed by atoms with Gasteiger partial charge in [0, 0.05) is 6.42 Å². The minimum atomic E-state index is -2.04. The standard InChI is InChI=1S/C27H34O14/c28-8-12-17(31)22(36)24(38)26(40-12)15-19(33)14(11(30)7-6-10-4-2-1-3-5-10)20(34)16(21(15)35)27-25(39)23(37)18(32)13(9-29)41-27/h1-5,12-13,17-18,22-29,31-39H,6-9H2/t12-,13-,17-,18-,22+,23+,24-,25-,26+,27+/m1/s1. The maximum absolute atomic E-state index is 13.4. The Balaban J connectivity index is 1.88. The number of hydrogen-bond donors (Lipinski definition) is 11. The van der Waals surface area contributed by atoms with Gasteiger partial charge >= 0.3 is 0 Å². The molecule has 2 aliphatic heterocycles. The number of hydrogen-bond acceptors (Lipinski definition) is 14. The maximum Gasteiger partial charge on any atom is 0.170 e. The normalized spacial score (nSPS) is 34.0. The highest BCUT2D eigenvalue weighted by atomic mass is 16.6. The van der Waals surface area contributed by atoms with Crippen molar-refractivity contribution in [1.82, 2.24) is 0 Å². The molecule has 14 nitrogen and oxygen atoms in total. The fourth-order valence-electron chi connectivity index (χ4n) is 5.26. The molecule has 0 radical (unpaired) electrons. The number of ketones is 1. The van der Waals surface area contributed by atoms with Crippen LogP contribution in [0.1, 0.15) is 45.7 Å². The molecule has 2 heterocycles. The van der Waals surface area contributed by atoms with Crippen LogP contribution in [-0.2, 0) is 15.9 Å². The zero-order valence-electron chi connectivity index (χ0n) is 21.6. The number of ether oxygens (including phenoxy) is 2. The molecule has 2 saturated heterocycles. The van der Waals surface area contributed by atoms with Gasteiger partial charge in [-0.05, 0) is 12.0 Å². The lowest BCUT2D eigenvalue weighted by molar-refractivity contribution is -0.234. The fraction of sp³-hybridized carbons (Fsp3) is 0.519. The van der Waals surface area contributed by atoms with Gasteiger partial charge in [-0.1, -0.05) is 30.3 Å². The van der Waals surface area contributed by atoms with Crippen LogP contribution in [0.5, 0.6) is 17.2 Å². The van der Waals surface area contributed by atoms with Crippen molar-refractivity contribution in [3.05, 3.63) is 52.6 Å². The highest BCUT2D eigenvalue weighted by Gasteiger charge is 2.50. The number of phenolic OH excluding ortho intramolecular Hbond substituents is 3. The van der Waals surface area contributed by atoms with E-state index in [9.17, 15) is 61.0 Å². The number of Topliss-reactive ketones (excluding diaryl/α,β-unsaturated/α-hetero) is 1. The summed E-state index contributed by atoms with van der Waals surface area (Å²) in [5.74, 6) is -4.07. The van der Waals surface area contributed by atoms with E-state index >= 15 is 0 Å². The summed E-state index contributed by atoms with van der Waals surface area (Å²) < 4.78 is 11.0. The number of carbonyl (C=O) groups is 1. The third-order valence-electron chi connectivity index (χ3n) is 7.61. The van der Waals surface area contributed by atoms with Crippen molar-refractivity contribution < 1.29 is 70.4 Å². The molecule has 2 aromatic rings. The zero-order valence-corrected chi connectivity index (χ0v) is 21.6. The van der Waals surface area contributed by atoms with E-state index in [4.69, 9.17) is 9.47 Å². The Morgan fingerprint density at radius 1 is 0.634 bits per heavy atom. The SMILES string of the molecule is O=C(CCc1ccccc1)c1c(O)c([C@@H]2O[C@H](CO)[C@@H](O)[C@H](O)[C@H]2O)c(O)c([C@@H]2O[C@H](CO)[C@@H](O)[C@H](O)[C@H]2O)c1O. The molecule has 2 aromatic carbocycles. The van der Waals surface area contributed by atoms with Gasteiger partial charge in [-0.3, -0.25) is 4.79 Å². The van der Waals surface area contributed by atoms with Crippen LogP contribution >= 0.6 is 0 Å². The highest BCUT2D eigenvalue weighted by molar-refractivity contribution is 6.02. The number of rotatable bonds is 8. The van der Waals surface area contributed by atoms with Gasteiger partial charge in [-0.15, -0.1) is 0 Å². The molecule has 14 heteroatoms. The summed E-state index contributed by atoms with van der Waals surface area (Å²) in [6, 6.07) is 8.72. The van der Waals surface area contributed by atoms with E-state index in [1.807, 2.05) is 0 Å². The van der Waals surface area contributed by atoms with E-state index < -0.39 is 114 Å². The molecule has 4 rings (SSSR count). The monoisotopic (exact) mass is 582 g/mol. The van der Waals surface area contributed by atoms with Crippen LogP contribution in [0.15, 0.2) is 30.3 Å². The Kier molecular flexibility index (Phi) is 9.50. The van der Waals surface area contributed by atoms with Crippen molar-refractivity contribution in [3.8, 4) is 17.2 Å². The number of aliphatic hydroxyl groups is 8. The molecule has 0 amide bonds. The van der Waals surface area contributed by atoms with Crippen molar-refractivity contribution in [2.24, 2.45) is 0 Å². The Labute approximate surface area is 233 Å². The van der Waals surface area contributed by atoms with Gasteiger partial charge in [0.25, 0.3) is 0 Å². The Hall–Kier alpha value is -2.89. The van der Waals surface area contributed by atoms with Gasteiger partial charge in [0.05, 0.1) is 24.3 Å². The number of benzene rings is 2. The van der Waals surface area contributed by atoms with Gasteiger partial charge in [-0.2, -0.15) is 0 Å². The van der Waals surface area contributed by atoms with Crippen LogP contribution in [0, 0.1) is 0 Å². The van der Waals surface area contributed by atoms with E-state index in [1.165, 1.54) is 0 Å². The second-order valence-electron chi connectivity index (χ2n) is 10.2. The minimum absolute atomic E-state index is 0.157. The van der Waals surface area contributed by atoms with Crippen LogP contribution in [-0.4, -0.2) is 124 Å².